The van der Waals surface area contributed by atoms with E-state index in [1.165, 1.54) is 0 Å². The number of piperazine rings is 1. The summed E-state index contributed by atoms with van der Waals surface area (Å²) in [4.78, 5) is 9.45. The van der Waals surface area contributed by atoms with Crippen molar-refractivity contribution in [2.75, 3.05) is 44.3 Å². The fraction of sp³-hybridized carbons (Fsp3) is 0.600. The Labute approximate surface area is 177 Å². The second-order valence-electron chi connectivity index (χ2n) is 8.75. The number of fused-ring (bicyclic) bond motifs is 1. The van der Waals surface area contributed by atoms with Gasteiger partial charge in [-0.15, -0.1) is 11.8 Å². The maximum absolute atomic E-state index is 11.6. The van der Waals surface area contributed by atoms with Crippen LogP contribution >= 0.6 is 24.0 Å². The smallest absolute Gasteiger partial charge is 0.274 e. The van der Waals surface area contributed by atoms with Crippen molar-refractivity contribution in [2.45, 2.75) is 44.4 Å². The summed E-state index contributed by atoms with van der Waals surface area (Å²) in [6, 6.07) is 4.28. The predicted octanol–water partition coefficient (Wildman–Crippen LogP) is 4.32. The highest BCUT2D eigenvalue weighted by Gasteiger charge is 2.31. The second-order valence-corrected chi connectivity index (χ2v) is 10.3. The number of anilines is 1. The molecule has 0 saturated carbocycles. The van der Waals surface area contributed by atoms with E-state index in [0.29, 0.717) is 17.6 Å². The molecule has 1 aromatic carbocycles. The van der Waals surface area contributed by atoms with E-state index in [1.54, 1.807) is 0 Å². The lowest BCUT2D eigenvalue weighted by Gasteiger charge is -2.43. The van der Waals surface area contributed by atoms with Crippen molar-refractivity contribution >= 4 is 45.8 Å². The molecule has 2 aromatic rings. The van der Waals surface area contributed by atoms with Crippen molar-refractivity contribution in [1.82, 2.24) is 15.0 Å². The summed E-state index contributed by atoms with van der Waals surface area (Å²) in [6.07, 6.45) is 1.10. The number of hydrogen-bond acceptors (Lipinski definition) is 5. The number of thioether (sulfide) groups is 1. The van der Waals surface area contributed by atoms with Crippen LogP contribution in [0.15, 0.2) is 17.0 Å². The Kier molecular flexibility index (Phi) is 6.36. The summed E-state index contributed by atoms with van der Waals surface area (Å²) in [6.45, 7) is 11.2. The number of H-pyrrole nitrogens is 1. The Hall–Kier alpha value is -1.19. The van der Waals surface area contributed by atoms with Gasteiger partial charge in [-0.2, -0.15) is 0 Å². The van der Waals surface area contributed by atoms with Crippen LogP contribution in [0.2, 0.25) is 0 Å². The van der Waals surface area contributed by atoms with Gasteiger partial charge in [0.1, 0.15) is 5.82 Å². The fourth-order valence-electron chi connectivity index (χ4n) is 3.16. The molecule has 1 aliphatic rings. The van der Waals surface area contributed by atoms with Gasteiger partial charge in [-0.05, 0) is 24.3 Å². The molecular weight excluding hydrogens is 390 g/mol. The van der Waals surface area contributed by atoms with E-state index in [0.717, 1.165) is 62.9 Å². The maximum atomic E-state index is 11.6. The number of quaternary nitrogens is 1. The molecule has 8 heteroatoms. The molecule has 0 atom stereocenters. The first-order chi connectivity index (χ1) is 13.1. The third-order valence-corrected chi connectivity index (χ3v) is 6.98. The topological polar surface area (TPSA) is 67.0 Å². The van der Waals surface area contributed by atoms with Crippen LogP contribution in [0.1, 0.15) is 39.9 Å². The normalized spacial score (nSPS) is 17.8. The predicted molar refractivity (Wildman–Crippen MR) is 123 cm³/mol. The van der Waals surface area contributed by atoms with E-state index in [2.05, 4.69) is 57.2 Å². The first-order valence-electron chi connectivity index (χ1n) is 9.87. The van der Waals surface area contributed by atoms with Gasteiger partial charge in [0.2, 0.25) is 0 Å². The van der Waals surface area contributed by atoms with Crippen LogP contribution < -0.4 is 5.32 Å². The fourth-order valence-corrected chi connectivity index (χ4v) is 4.34. The highest BCUT2D eigenvalue weighted by Crippen LogP contribution is 2.33. The van der Waals surface area contributed by atoms with Crippen molar-refractivity contribution in [3.63, 3.8) is 0 Å². The molecule has 0 bridgehead atoms. The summed E-state index contributed by atoms with van der Waals surface area (Å²) < 4.78 is 0.597. The van der Waals surface area contributed by atoms with Crippen LogP contribution in [0, 0.1) is 5.21 Å². The molecule has 28 heavy (non-hydrogen) atoms. The molecule has 0 spiro atoms. The number of aromatic amines is 1. The maximum Gasteiger partial charge on any atom is 0.274 e. The van der Waals surface area contributed by atoms with Crippen LogP contribution in [-0.4, -0.2) is 63.6 Å². The molecule has 0 aliphatic carbocycles. The van der Waals surface area contributed by atoms with E-state index < -0.39 is 0 Å². The first kappa shape index (κ1) is 21.5. The van der Waals surface area contributed by atoms with Gasteiger partial charge in [-0.1, -0.05) is 27.7 Å². The van der Waals surface area contributed by atoms with E-state index in [1.807, 2.05) is 11.8 Å². The highest BCUT2D eigenvalue weighted by atomic mass is 32.2. The molecular formula is C20H31N5OS2. The zero-order valence-corrected chi connectivity index (χ0v) is 19.1. The number of likely N-dealkylation sites (N-methyl/N-ethyl adjacent to an activating group) is 1. The summed E-state index contributed by atoms with van der Waals surface area (Å²) in [7, 11) is 2.10. The first-order valence-corrected chi connectivity index (χ1v) is 11.3. The minimum absolute atomic E-state index is 0.0324. The van der Waals surface area contributed by atoms with Gasteiger partial charge in [0, 0.05) is 35.6 Å². The van der Waals surface area contributed by atoms with Gasteiger partial charge in [-0.25, -0.2) is 4.98 Å². The van der Waals surface area contributed by atoms with Gasteiger partial charge in [0.15, 0.2) is 0 Å². The molecule has 0 radical (unpaired) electrons. The lowest BCUT2D eigenvalue weighted by molar-refractivity contribution is -0.823. The Morgan fingerprint density at radius 3 is 2.64 bits per heavy atom. The second kappa shape index (κ2) is 8.28. The van der Waals surface area contributed by atoms with Gasteiger partial charge >= 0.3 is 0 Å². The van der Waals surface area contributed by atoms with Crippen LogP contribution in [0.25, 0.3) is 11.0 Å². The molecule has 3 rings (SSSR count). The number of aromatic nitrogens is 2. The van der Waals surface area contributed by atoms with Crippen LogP contribution in [0.5, 0.6) is 0 Å². The Morgan fingerprint density at radius 1 is 1.36 bits per heavy atom. The van der Waals surface area contributed by atoms with Crippen LogP contribution in [-0.2, 0) is 5.41 Å². The summed E-state index contributed by atoms with van der Waals surface area (Å²) in [5, 5.41) is 16.9. The van der Waals surface area contributed by atoms with Gasteiger partial charge in [0.05, 0.1) is 36.9 Å². The minimum atomic E-state index is -0.0324. The lowest BCUT2D eigenvalue weighted by Crippen LogP contribution is -2.60. The number of hydroxylamine groups is 2. The number of thiocarbonyl (C=S) groups is 1. The molecule has 0 amide bonds. The molecule has 1 fully saturated rings. The molecule has 2 N–H and O–H groups in total. The van der Waals surface area contributed by atoms with Crippen molar-refractivity contribution in [3.8, 4) is 0 Å². The van der Waals surface area contributed by atoms with Crippen molar-refractivity contribution in [3.05, 3.63) is 23.2 Å². The van der Waals surface area contributed by atoms with Crippen LogP contribution in [0.4, 0.5) is 5.69 Å². The van der Waals surface area contributed by atoms with E-state index in [-0.39, 0.29) is 5.41 Å². The van der Waals surface area contributed by atoms with Gasteiger partial charge in [-0.3, -0.25) is 4.48 Å². The standard InChI is InChI=1S/C20H31N5OS2/c1-6-11-28-17-13-15-14(21-18(22-15)20(2,3)4)12-16(17)23-19(27)25(5)9-7-24(26)8-10-25/h12-13H,6-11H2,1-5H3,(H,21,22)(H,23,27). The molecule has 154 valence electrons. The van der Waals surface area contributed by atoms with Gasteiger partial charge < -0.3 is 20.6 Å². The summed E-state index contributed by atoms with van der Waals surface area (Å²) >= 11 is 7.60. The number of imidazole rings is 1. The summed E-state index contributed by atoms with van der Waals surface area (Å²) in [5.74, 6) is 2.03. The number of rotatable bonds is 4. The van der Waals surface area contributed by atoms with Crippen molar-refractivity contribution in [1.29, 1.82) is 0 Å². The SMILES string of the molecule is CCCSc1cc2nc(C(C)(C)C)[nH]c2cc1NC(=S)[N+]1(C)CCN([O-])CC1. The molecule has 1 aliphatic heterocycles. The van der Waals surface area contributed by atoms with E-state index in [4.69, 9.17) is 17.2 Å². The van der Waals surface area contributed by atoms with E-state index >= 15 is 0 Å². The largest absolute Gasteiger partial charge is 0.785 e. The number of nitrogens with zero attached hydrogens (tertiary/aromatic N) is 3. The molecule has 0 unspecified atom stereocenters. The average molecular weight is 422 g/mol. The average Bonchev–Trinajstić information content (AvgIpc) is 3.05. The Morgan fingerprint density at radius 2 is 2.04 bits per heavy atom. The highest BCUT2D eigenvalue weighted by molar-refractivity contribution is 7.99. The minimum Gasteiger partial charge on any atom is -0.785 e. The third-order valence-electron chi connectivity index (χ3n) is 5.17. The quantitative estimate of drug-likeness (QED) is 0.435. The van der Waals surface area contributed by atoms with E-state index in [9.17, 15) is 5.21 Å². The Bertz CT molecular complexity index is 850. The Balaban J connectivity index is 1.92. The zero-order valence-electron chi connectivity index (χ0n) is 17.5. The molecule has 1 aromatic heterocycles. The zero-order chi connectivity index (χ0) is 20.5. The summed E-state index contributed by atoms with van der Waals surface area (Å²) in [5.41, 5.74) is 2.99. The molecule has 2 heterocycles. The molecule has 1 saturated heterocycles. The number of hydrogen-bond donors (Lipinski definition) is 2. The monoisotopic (exact) mass is 421 g/mol. The van der Waals surface area contributed by atoms with Crippen molar-refractivity contribution < 1.29 is 4.48 Å². The lowest BCUT2D eigenvalue weighted by atomic mass is 9.96. The number of nitrogens with one attached hydrogen (secondary N) is 2. The van der Waals surface area contributed by atoms with Crippen molar-refractivity contribution in [2.24, 2.45) is 0 Å². The van der Waals surface area contributed by atoms with Gasteiger partial charge in [0.25, 0.3) is 5.11 Å². The third kappa shape index (κ3) is 4.68. The number of benzene rings is 1. The molecule has 6 nitrogen and oxygen atoms in total. The van der Waals surface area contributed by atoms with Crippen LogP contribution in [0.3, 0.4) is 0 Å².